The Hall–Kier alpha value is -0.120. The summed E-state index contributed by atoms with van der Waals surface area (Å²) in [6.45, 7) is 8.19. The normalized spacial score (nSPS) is 42.3. The van der Waals surface area contributed by atoms with Gasteiger partial charge < -0.3 is 0 Å². The maximum atomic E-state index is 2.44. The molecule has 0 spiro atoms. The van der Waals surface area contributed by atoms with Crippen molar-refractivity contribution < 1.29 is 0 Å². The van der Waals surface area contributed by atoms with Crippen LogP contribution in [0.3, 0.4) is 0 Å². The van der Waals surface area contributed by atoms with Gasteiger partial charge in [0.15, 0.2) is 0 Å². The lowest BCUT2D eigenvalue weighted by Gasteiger charge is -2.51. The average Bonchev–Trinajstić information content (AvgIpc) is 1.87. The van der Waals surface area contributed by atoms with E-state index in [9.17, 15) is 0 Å². The molecule has 0 aromatic rings. The predicted octanol–water partition coefficient (Wildman–Crippen LogP) is -0.230. The van der Waals surface area contributed by atoms with Gasteiger partial charge in [-0.15, -0.1) is 0 Å². The van der Waals surface area contributed by atoms with E-state index in [-0.39, 0.29) is 0 Å². The van der Waals surface area contributed by atoms with Crippen LogP contribution in [0.5, 0.6) is 0 Å². The van der Waals surface area contributed by atoms with Crippen LogP contribution in [-0.4, -0.2) is 47.9 Å². The molecule has 9 heavy (non-hydrogen) atoms. The van der Waals surface area contributed by atoms with Crippen LogP contribution in [-0.2, 0) is 0 Å². The molecular formula is C6H13N3. The van der Waals surface area contributed by atoms with Crippen molar-refractivity contribution in [1.82, 2.24) is 14.7 Å². The van der Waals surface area contributed by atoms with Crippen LogP contribution in [0.25, 0.3) is 0 Å². The smallest absolute Gasteiger partial charge is 0.0555 e. The minimum atomic E-state index is 1.19. The molecule has 0 N–H and O–H groups in total. The Labute approximate surface area is 55.8 Å². The van der Waals surface area contributed by atoms with Gasteiger partial charge in [-0.1, -0.05) is 6.92 Å². The van der Waals surface area contributed by atoms with Crippen LogP contribution in [0.1, 0.15) is 6.92 Å². The Bertz CT molecular complexity index is 98.9. The van der Waals surface area contributed by atoms with E-state index in [1.807, 2.05) is 0 Å². The van der Waals surface area contributed by atoms with Gasteiger partial charge >= 0.3 is 0 Å². The maximum Gasteiger partial charge on any atom is 0.0555 e. The fourth-order valence-electron chi connectivity index (χ4n) is 1.51. The molecule has 0 unspecified atom stereocenters. The zero-order chi connectivity index (χ0) is 6.27. The molecule has 0 saturated carbocycles. The van der Waals surface area contributed by atoms with Crippen molar-refractivity contribution in [2.45, 2.75) is 6.92 Å². The molecule has 0 aromatic heterocycles. The van der Waals surface area contributed by atoms with E-state index in [0.717, 1.165) is 0 Å². The highest BCUT2D eigenvalue weighted by Gasteiger charge is 2.31. The van der Waals surface area contributed by atoms with Crippen LogP contribution in [0, 0.1) is 0 Å². The van der Waals surface area contributed by atoms with Crippen LogP contribution in [0.2, 0.25) is 0 Å². The van der Waals surface area contributed by atoms with E-state index in [2.05, 4.69) is 21.6 Å². The van der Waals surface area contributed by atoms with E-state index in [0.29, 0.717) is 0 Å². The van der Waals surface area contributed by atoms with Crippen molar-refractivity contribution >= 4 is 0 Å². The van der Waals surface area contributed by atoms with Crippen molar-refractivity contribution in [3.63, 3.8) is 0 Å². The lowest BCUT2D eigenvalue weighted by atomic mass is 10.4. The van der Waals surface area contributed by atoms with Gasteiger partial charge in [-0.2, -0.15) is 0 Å². The minimum Gasteiger partial charge on any atom is -0.278 e. The highest BCUT2D eigenvalue weighted by Crippen LogP contribution is 2.15. The van der Waals surface area contributed by atoms with E-state index in [1.54, 1.807) is 0 Å². The lowest BCUT2D eigenvalue weighted by molar-refractivity contribution is -0.147. The topological polar surface area (TPSA) is 9.72 Å². The van der Waals surface area contributed by atoms with Crippen molar-refractivity contribution in [3.8, 4) is 0 Å². The van der Waals surface area contributed by atoms with Gasteiger partial charge in [-0.3, -0.25) is 14.7 Å². The van der Waals surface area contributed by atoms with Crippen molar-refractivity contribution in [2.24, 2.45) is 0 Å². The van der Waals surface area contributed by atoms with Gasteiger partial charge in [0.1, 0.15) is 0 Å². The van der Waals surface area contributed by atoms with Crippen LogP contribution in [0.15, 0.2) is 0 Å². The molecule has 0 aliphatic carbocycles. The monoisotopic (exact) mass is 127 g/mol. The molecule has 3 saturated heterocycles. The molecule has 0 atom stereocenters. The summed E-state index contributed by atoms with van der Waals surface area (Å²) in [6, 6.07) is 0. The summed E-state index contributed by atoms with van der Waals surface area (Å²) in [5.41, 5.74) is 0. The predicted molar refractivity (Wildman–Crippen MR) is 35.5 cm³/mol. The summed E-state index contributed by atoms with van der Waals surface area (Å²) in [7, 11) is 0. The Kier molecular flexibility index (Phi) is 1.22. The zero-order valence-corrected chi connectivity index (χ0v) is 5.88. The van der Waals surface area contributed by atoms with E-state index in [1.165, 1.54) is 33.2 Å². The summed E-state index contributed by atoms with van der Waals surface area (Å²) in [4.78, 5) is 7.31. The number of hydrogen-bond acceptors (Lipinski definition) is 3. The quantitative estimate of drug-likeness (QED) is 0.482. The van der Waals surface area contributed by atoms with Gasteiger partial charge in [0.05, 0.1) is 26.7 Å². The molecule has 3 nitrogen and oxygen atoms in total. The zero-order valence-electron chi connectivity index (χ0n) is 5.88. The van der Waals surface area contributed by atoms with E-state index >= 15 is 0 Å². The van der Waals surface area contributed by atoms with Gasteiger partial charge in [0.25, 0.3) is 0 Å². The number of rotatable bonds is 1. The third kappa shape index (κ3) is 0.852. The second-order valence-corrected chi connectivity index (χ2v) is 2.89. The van der Waals surface area contributed by atoms with Crippen LogP contribution >= 0.6 is 0 Å². The average molecular weight is 127 g/mol. The molecular weight excluding hydrogens is 114 g/mol. The summed E-state index contributed by atoms with van der Waals surface area (Å²) in [6.07, 6.45) is 0. The molecule has 2 bridgehead atoms. The third-order valence-corrected chi connectivity index (χ3v) is 2.05. The first-order valence-corrected chi connectivity index (χ1v) is 3.55. The SMILES string of the molecule is CCN1CN2CN(C1)C2. The number of hydrogen-bond donors (Lipinski definition) is 0. The molecule has 0 aromatic carbocycles. The summed E-state index contributed by atoms with van der Waals surface area (Å²) >= 11 is 0. The van der Waals surface area contributed by atoms with Gasteiger partial charge in [-0.25, -0.2) is 0 Å². The molecule has 0 radical (unpaired) electrons. The van der Waals surface area contributed by atoms with Gasteiger partial charge in [0, 0.05) is 0 Å². The van der Waals surface area contributed by atoms with E-state index < -0.39 is 0 Å². The molecule has 3 rings (SSSR count). The fraction of sp³-hybridized carbons (Fsp3) is 1.00. The largest absolute Gasteiger partial charge is 0.278 e. The first-order chi connectivity index (χ1) is 4.38. The first-order valence-electron chi connectivity index (χ1n) is 3.55. The lowest BCUT2D eigenvalue weighted by Crippen LogP contribution is -2.66. The second kappa shape index (κ2) is 1.94. The van der Waals surface area contributed by atoms with Gasteiger partial charge in [-0.05, 0) is 6.54 Å². The molecule has 3 heteroatoms. The maximum absolute atomic E-state index is 2.44. The Balaban J connectivity index is 1.89. The molecule has 0 amide bonds. The summed E-state index contributed by atoms with van der Waals surface area (Å²) in [5.74, 6) is 0. The van der Waals surface area contributed by atoms with Crippen LogP contribution < -0.4 is 0 Å². The summed E-state index contributed by atoms with van der Waals surface area (Å²) in [5, 5.41) is 0. The van der Waals surface area contributed by atoms with Crippen LogP contribution in [0.4, 0.5) is 0 Å². The summed E-state index contributed by atoms with van der Waals surface area (Å²) < 4.78 is 0. The Morgan fingerprint density at radius 1 is 1.00 bits per heavy atom. The minimum absolute atomic E-state index is 1.19. The standard InChI is InChI=1S/C6H13N3/c1-2-7-3-8-5-9(4-7)6-8/h2-6H2,1H3. The second-order valence-electron chi connectivity index (χ2n) is 2.89. The molecule has 52 valence electrons. The molecule has 3 aliphatic rings. The highest BCUT2D eigenvalue weighted by atomic mass is 15.6. The number of nitrogens with zero attached hydrogens (tertiary/aromatic N) is 3. The highest BCUT2D eigenvalue weighted by molar-refractivity contribution is 4.75. The van der Waals surface area contributed by atoms with E-state index in [4.69, 9.17) is 0 Å². The Morgan fingerprint density at radius 3 is 1.89 bits per heavy atom. The molecule has 3 heterocycles. The number of fused-ring (bicyclic) bond motifs is 2. The molecule has 3 fully saturated rings. The van der Waals surface area contributed by atoms with Crippen molar-refractivity contribution in [1.29, 1.82) is 0 Å². The van der Waals surface area contributed by atoms with Gasteiger partial charge in [0.2, 0.25) is 0 Å². The first kappa shape index (κ1) is 5.65. The van der Waals surface area contributed by atoms with Crippen molar-refractivity contribution in [2.75, 3.05) is 33.2 Å². The Morgan fingerprint density at radius 2 is 1.56 bits per heavy atom. The van der Waals surface area contributed by atoms with Crippen molar-refractivity contribution in [3.05, 3.63) is 0 Å². The molecule has 3 aliphatic heterocycles. The fourth-order valence-corrected chi connectivity index (χ4v) is 1.51. The third-order valence-electron chi connectivity index (χ3n) is 2.05.